The van der Waals surface area contributed by atoms with Crippen LogP contribution in [0.15, 0.2) is 23.3 Å². The summed E-state index contributed by atoms with van der Waals surface area (Å²) in [4.78, 5) is 0. The fourth-order valence-electron chi connectivity index (χ4n) is 1.36. The van der Waals surface area contributed by atoms with Gasteiger partial charge >= 0.3 is 6.18 Å². The minimum Gasteiger partial charge on any atom is -0.242 e. The maximum absolute atomic E-state index is 12.9. The van der Waals surface area contributed by atoms with Crippen LogP contribution in [0.1, 0.15) is 20.3 Å². The topological polar surface area (TPSA) is 0 Å². The van der Waals surface area contributed by atoms with Gasteiger partial charge in [-0.1, -0.05) is 19.9 Å². The van der Waals surface area contributed by atoms with Crippen LogP contribution in [0.5, 0.6) is 0 Å². The van der Waals surface area contributed by atoms with Crippen molar-refractivity contribution in [2.24, 2.45) is 5.92 Å². The van der Waals surface area contributed by atoms with Crippen molar-refractivity contribution in [3.05, 3.63) is 23.3 Å². The van der Waals surface area contributed by atoms with Gasteiger partial charge in [0.1, 0.15) is 6.17 Å². The molecule has 1 atom stereocenters. The van der Waals surface area contributed by atoms with Crippen molar-refractivity contribution < 1.29 is 17.6 Å². The second-order valence-electron chi connectivity index (χ2n) is 3.66. The van der Waals surface area contributed by atoms with Crippen LogP contribution in [-0.2, 0) is 0 Å². The van der Waals surface area contributed by atoms with Gasteiger partial charge in [0, 0.05) is 6.42 Å². The summed E-state index contributed by atoms with van der Waals surface area (Å²) in [6.45, 7) is 3.57. The summed E-state index contributed by atoms with van der Waals surface area (Å²) < 4.78 is 49.8. The Morgan fingerprint density at radius 1 is 1.36 bits per heavy atom. The fraction of sp³-hybridized carbons (Fsp3) is 0.600. The molecule has 0 aromatic rings. The van der Waals surface area contributed by atoms with E-state index in [1.807, 2.05) is 0 Å². The van der Waals surface area contributed by atoms with E-state index in [0.717, 1.165) is 6.08 Å². The van der Waals surface area contributed by atoms with E-state index in [4.69, 9.17) is 0 Å². The van der Waals surface area contributed by atoms with Crippen LogP contribution >= 0.6 is 0 Å². The van der Waals surface area contributed by atoms with Gasteiger partial charge in [-0.25, -0.2) is 4.39 Å². The minimum absolute atomic E-state index is 0.000139. The van der Waals surface area contributed by atoms with Crippen molar-refractivity contribution in [1.82, 2.24) is 0 Å². The molecule has 0 bridgehead atoms. The Hall–Kier alpha value is -0.800. The van der Waals surface area contributed by atoms with Crippen LogP contribution in [0.2, 0.25) is 0 Å². The molecule has 0 saturated carbocycles. The summed E-state index contributed by atoms with van der Waals surface area (Å²) in [6, 6.07) is 0. The highest BCUT2D eigenvalue weighted by Gasteiger charge is 2.40. The standard InChI is InChI=1S/C10H12F4/c1-6(2)7-3-4-9(11)8(5-7)10(12,13)14/h3,5-6,9H,4H2,1-2H3. The Morgan fingerprint density at radius 2 is 1.93 bits per heavy atom. The third-order valence-electron chi connectivity index (χ3n) is 2.21. The van der Waals surface area contributed by atoms with Gasteiger partial charge in [0.2, 0.25) is 0 Å². The second kappa shape index (κ2) is 3.75. The first-order valence-electron chi connectivity index (χ1n) is 4.45. The molecule has 1 rings (SSSR count). The van der Waals surface area contributed by atoms with E-state index in [9.17, 15) is 17.6 Å². The molecular weight excluding hydrogens is 196 g/mol. The van der Waals surface area contributed by atoms with Crippen LogP contribution in [0.4, 0.5) is 17.6 Å². The number of halogens is 4. The lowest BCUT2D eigenvalue weighted by molar-refractivity contribution is -0.100. The summed E-state index contributed by atoms with van der Waals surface area (Å²) in [5.74, 6) is -0.000139. The van der Waals surface area contributed by atoms with Crippen molar-refractivity contribution in [2.45, 2.75) is 32.6 Å². The molecule has 0 N–H and O–H groups in total. The van der Waals surface area contributed by atoms with Crippen molar-refractivity contribution >= 4 is 0 Å². The van der Waals surface area contributed by atoms with Crippen molar-refractivity contribution in [3.8, 4) is 0 Å². The predicted molar refractivity (Wildman–Crippen MR) is 46.6 cm³/mol. The maximum Gasteiger partial charge on any atom is 0.415 e. The van der Waals surface area contributed by atoms with Crippen molar-refractivity contribution in [2.75, 3.05) is 0 Å². The zero-order chi connectivity index (χ0) is 10.9. The van der Waals surface area contributed by atoms with E-state index in [1.54, 1.807) is 13.8 Å². The van der Waals surface area contributed by atoms with Gasteiger partial charge < -0.3 is 0 Å². The second-order valence-corrected chi connectivity index (χ2v) is 3.66. The number of allylic oxidation sites excluding steroid dienone is 4. The van der Waals surface area contributed by atoms with E-state index in [0.29, 0.717) is 5.57 Å². The highest BCUT2D eigenvalue weighted by atomic mass is 19.4. The lowest BCUT2D eigenvalue weighted by atomic mass is 9.91. The fourth-order valence-corrected chi connectivity index (χ4v) is 1.36. The Balaban J connectivity index is 2.97. The first kappa shape index (κ1) is 11.3. The molecule has 1 aliphatic carbocycles. The Bertz CT molecular complexity index is 270. The van der Waals surface area contributed by atoms with Gasteiger partial charge in [-0.05, 0) is 17.6 Å². The van der Waals surface area contributed by atoms with E-state index in [1.165, 1.54) is 6.08 Å². The van der Waals surface area contributed by atoms with Gasteiger partial charge in [0.15, 0.2) is 0 Å². The number of alkyl halides is 4. The maximum atomic E-state index is 12.9. The highest BCUT2D eigenvalue weighted by Crippen LogP contribution is 2.36. The molecule has 0 heterocycles. The summed E-state index contributed by atoms with van der Waals surface area (Å²) in [5, 5.41) is 0. The summed E-state index contributed by atoms with van der Waals surface area (Å²) >= 11 is 0. The molecule has 0 radical (unpaired) electrons. The van der Waals surface area contributed by atoms with E-state index < -0.39 is 17.9 Å². The lowest BCUT2D eigenvalue weighted by Gasteiger charge is -2.21. The average Bonchev–Trinajstić information content (AvgIpc) is 2.02. The van der Waals surface area contributed by atoms with Gasteiger partial charge in [-0.2, -0.15) is 13.2 Å². The van der Waals surface area contributed by atoms with Gasteiger partial charge in [-0.3, -0.25) is 0 Å². The monoisotopic (exact) mass is 208 g/mol. The highest BCUT2D eigenvalue weighted by molar-refractivity contribution is 5.34. The third kappa shape index (κ3) is 2.36. The molecule has 0 saturated heterocycles. The number of rotatable bonds is 1. The molecule has 0 fully saturated rings. The van der Waals surface area contributed by atoms with Crippen molar-refractivity contribution in [1.29, 1.82) is 0 Å². The predicted octanol–water partition coefficient (Wildman–Crippen LogP) is 3.80. The van der Waals surface area contributed by atoms with E-state index in [-0.39, 0.29) is 12.3 Å². The lowest BCUT2D eigenvalue weighted by Crippen LogP contribution is -2.23. The Kier molecular flexibility index (Phi) is 3.02. The first-order chi connectivity index (χ1) is 6.32. The molecule has 0 amide bonds. The molecule has 0 nitrogen and oxygen atoms in total. The average molecular weight is 208 g/mol. The number of hydrogen-bond donors (Lipinski definition) is 0. The smallest absolute Gasteiger partial charge is 0.242 e. The molecule has 1 unspecified atom stereocenters. The molecule has 0 spiro atoms. The molecule has 0 aromatic heterocycles. The van der Waals surface area contributed by atoms with Crippen LogP contribution in [0.25, 0.3) is 0 Å². The molecule has 1 aliphatic rings. The zero-order valence-corrected chi connectivity index (χ0v) is 8.03. The minimum atomic E-state index is -4.55. The van der Waals surface area contributed by atoms with Crippen LogP contribution in [-0.4, -0.2) is 12.3 Å². The molecular formula is C10H12F4. The Morgan fingerprint density at radius 3 is 2.36 bits per heavy atom. The molecule has 4 heteroatoms. The van der Waals surface area contributed by atoms with E-state index >= 15 is 0 Å². The van der Waals surface area contributed by atoms with Gasteiger partial charge in [0.05, 0.1) is 5.57 Å². The van der Waals surface area contributed by atoms with Crippen LogP contribution in [0.3, 0.4) is 0 Å². The summed E-state index contributed by atoms with van der Waals surface area (Å²) in [5.41, 5.74) is -0.491. The first-order valence-corrected chi connectivity index (χ1v) is 4.45. The van der Waals surface area contributed by atoms with Gasteiger partial charge in [0.25, 0.3) is 0 Å². The van der Waals surface area contributed by atoms with Crippen molar-refractivity contribution in [3.63, 3.8) is 0 Å². The van der Waals surface area contributed by atoms with Gasteiger partial charge in [-0.15, -0.1) is 0 Å². The Labute approximate surface area is 80.3 Å². The quantitative estimate of drug-likeness (QED) is 0.575. The van der Waals surface area contributed by atoms with E-state index in [2.05, 4.69) is 0 Å². The molecule has 0 aromatic carbocycles. The van der Waals surface area contributed by atoms with Crippen LogP contribution in [0, 0.1) is 5.92 Å². The summed E-state index contributed by atoms with van der Waals surface area (Å²) in [6.07, 6.45) is -4.16. The molecule has 0 aliphatic heterocycles. The summed E-state index contributed by atoms with van der Waals surface area (Å²) in [7, 11) is 0. The normalized spacial score (nSPS) is 23.5. The SMILES string of the molecule is CC(C)C1=CCC(F)C(C(F)(F)F)=C1. The largest absolute Gasteiger partial charge is 0.415 e. The third-order valence-corrected chi connectivity index (χ3v) is 2.21. The zero-order valence-electron chi connectivity index (χ0n) is 8.03. The number of hydrogen-bond acceptors (Lipinski definition) is 0. The van der Waals surface area contributed by atoms with Crippen LogP contribution < -0.4 is 0 Å². The molecule has 80 valence electrons. The molecule has 14 heavy (non-hydrogen) atoms.